The van der Waals surface area contributed by atoms with Crippen LogP contribution in [-0.2, 0) is 0 Å². The second-order valence-electron chi connectivity index (χ2n) is 14.2. The molecule has 0 amide bonds. The van der Waals surface area contributed by atoms with Gasteiger partial charge in [0.15, 0.2) is 0 Å². The first kappa shape index (κ1) is 27.3. The number of nitrogens with zero attached hydrogens (tertiary/aromatic N) is 2. The first-order chi connectivity index (χ1) is 25.2. The molecule has 2 aromatic heterocycles. The molecule has 0 spiro atoms. The molecular formula is C47H29BN2O. The maximum Gasteiger partial charge on any atom is 0.333 e. The molecule has 2 aliphatic heterocycles. The SMILES string of the molecule is Cc1ccc(N2B3c4cc5oc(-c6ccccc6)cc5cc4-n4c5cc6ccccc6cc5c5c6ccccc6c(c3c54)-c3ccccc32)cc1. The summed E-state index contributed by atoms with van der Waals surface area (Å²) in [4.78, 5) is 2.58. The lowest BCUT2D eigenvalue weighted by Crippen LogP contribution is -2.60. The zero-order valence-electron chi connectivity index (χ0n) is 27.9. The van der Waals surface area contributed by atoms with E-state index in [4.69, 9.17) is 4.42 Å². The molecule has 4 heteroatoms. The molecule has 51 heavy (non-hydrogen) atoms. The zero-order chi connectivity index (χ0) is 33.4. The third-order valence-electron chi connectivity index (χ3n) is 11.4. The number of aryl methyl sites for hydroxylation is 1. The Balaban J connectivity index is 1.31. The summed E-state index contributed by atoms with van der Waals surface area (Å²) in [5.74, 6) is 0.884. The van der Waals surface area contributed by atoms with Gasteiger partial charge in [0, 0.05) is 44.3 Å². The van der Waals surface area contributed by atoms with Crippen molar-refractivity contribution < 1.29 is 4.42 Å². The second-order valence-corrected chi connectivity index (χ2v) is 14.2. The van der Waals surface area contributed by atoms with Crippen LogP contribution in [0.4, 0.5) is 11.4 Å². The first-order valence-electron chi connectivity index (χ1n) is 17.7. The summed E-state index contributed by atoms with van der Waals surface area (Å²) in [5.41, 5.74) is 14.5. The molecule has 0 N–H and O–H groups in total. The summed E-state index contributed by atoms with van der Waals surface area (Å²) in [6.07, 6.45) is 0. The monoisotopic (exact) mass is 648 g/mol. The number of rotatable bonds is 2. The molecular weight excluding hydrogens is 619 g/mol. The van der Waals surface area contributed by atoms with Crippen LogP contribution in [0.15, 0.2) is 162 Å². The van der Waals surface area contributed by atoms with Crippen molar-refractivity contribution in [3.05, 3.63) is 163 Å². The van der Waals surface area contributed by atoms with Crippen molar-refractivity contribution in [3.8, 4) is 28.1 Å². The minimum atomic E-state index is -0.0828. The Labute approximate surface area is 294 Å². The van der Waals surface area contributed by atoms with Gasteiger partial charge in [0.1, 0.15) is 11.3 Å². The van der Waals surface area contributed by atoms with E-state index in [2.05, 4.69) is 174 Å². The molecule has 0 unspecified atom stereocenters. The third-order valence-corrected chi connectivity index (χ3v) is 11.4. The summed E-state index contributed by atoms with van der Waals surface area (Å²) < 4.78 is 9.29. The van der Waals surface area contributed by atoms with Crippen LogP contribution < -0.4 is 15.7 Å². The molecule has 12 rings (SSSR count). The van der Waals surface area contributed by atoms with Gasteiger partial charge in [-0.15, -0.1) is 0 Å². The van der Waals surface area contributed by atoms with Gasteiger partial charge in [0.2, 0.25) is 0 Å². The quantitative estimate of drug-likeness (QED) is 0.174. The van der Waals surface area contributed by atoms with Gasteiger partial charge in [-0.1, -0.05) is 115 Å². The number of fused-ring (bicyclic) bond motifs is 13. The average Bonchev–Trinajstić information content (AvgIpc) is 3.75. The number of para-hydroxylation sites is 1. The maximum absolute atomic E-state index is 6.72. The molecule has 0 bridgehead atoms. The van der Waals surface area contributed by atoms with Crippen LogP contribution in [0.25, 0.3) is 82.5 Å². The number of furan rings is 1. The highest BCUT2D eigenvalue weighted by atomic mass is 16.3. The van der Waals surface area contributed by atoms with E-state index in [0.29, 0.717) is 0 Å². The van der Waals surface area contributed by atoms with E-state index in [0.717, 1.165) is 22.3 Å². The molecule has 3 nitrogen and oxygen atoms in total. The van der Waals surface area contributed by atoms with Crippen molar-refractivity contribution >= 4 is 83.5 Å². The second kappa shape index (κ2) is 9.80. The van der Waals surface area contributed by atoms with Crippen LogP contribution in [0.2, 0.25) is 0 Å². The summed E-state index contributed by atoms with van der Waals surface area (Å²) in [6, 6.07) is 58.0. The summed E-state index contributed by atoms with van der Waals surface area (Å²) in [5, 5.41) is 8.79. The van der Waals surface area contributed by atoms with E-state index < -0.39 is 0 Å². The van der Waals surface area contributed by atoms with E-state index in [9.17, 15) is 0 Å². The van der Waals surface area contributed by atoms with E-state index in [1.165, 1.54) is 88.0 Å². The van der Waals surface area contributed by atoms with Crippen molar-refractivity contribution in [2.75, 3.05) is 4.81 Å². The summed E-state index contributed by atoms with van der Waals surface area (Å²) in [7, 11) is 0. The standard InChI is InChI=1S/C47H29BN2O/c1-28-19-21-33(22-20-28)50-39-18-10-9-17-36(39)44-34-15-7-8-16-35(34)45-37-23-30-13-5-6-14-31(30)24-40(37)49-41-25-32-26-42(29-11-3-2-4-12-29)51-43(32)27-38(41)48(50)46(44)47(45)49/h2-27H,1H3. The van der Waals surface area contributed by atoms with Crippen LogP contribution in [0, 0.1) is 6.92 Å². The fourth-order valence-electron chi connectivity index (χ4n) is 9.19. The number of benzene rings is 8. The van der Waals surface area contributed by atoms with Crippen LogP contribution in [0.1, 0.15) is 5.56 Å². The molecule has 0 radical (unpaired) electrons. The van der Waals surface area contributed by atoms with Crippen molar-refractivity contribution in [2.24, 2.45) is 0 Å². The molecule has 0 atom stereocenters. The van der Waals surface area contributed by atoms with Crippen molar-refractivity contribution in [1.82, 2.24) is 4.57 Å². The lowest BCUT2D eigenvalue weighted by Gasteiger charge is -2.42. The Morgan fingerprint density at radius 3 is 2.14 bits per heavy atom. The van der Waals surface area contributed by atoms with Gasteiger partial charge in [0.25, 0.3) is 0 Å². The van der Waals surface area contributed by atoms with Gasteiger partial charge in [-0.05, 0) is 93.5 Å². The predicted octanol–water partition coefficient (Wildman–Crippen LogP) is 11.0. The smallest absolute Gasteiger partial charge is 0.333 e. The van der Waals surface area contributed by atoms with Crippen molar-refractivity contribution in [1.29, 1.82) is 0 Å². The Morgan fingerprint density at radius 2 is 1.29 bits per heavy atom. The largest absolute Gasteiger partial charge is 0.456 e. The highest BCUT2D eigenvalue weighted by Gasteiger charge is 2.45. The Kier molecular flexibility index (Phi) is 5.25. The van der Waals surface area contributed by atoms with Crippen molar-refractivity contribution in [2.45, 2.75) is 6.92 Å². The molecule has 0 fully saturated rings. The Hall–Kier alpha value is -6.52. The molecule has 4 heterocycles. The minimum Gasteiger partial charge on any atom is -0.456 e. The van der Waals surface area contributed by atoms with Crippen molar-refractivity contribution in [3.63, 3.8) is 0 Å². The maximum atomic E-state index is 6.72. The van der Waals surface area contributed by atoms with Crippen LogP contribution in [0.5, 0.6) is 0 Å². The summed E-state index contributed by atoms with van der Waals surface area (Å²) >= 11 is 0. The van der Waals surface area contributed by atoms with Gasteiger partial charge in [-0.3, -0.25) is 0 Å². The molecule has 0 saturated carbocycles. The first-order valence-corrected chi connectivity index (χ1v) is 17.7. The van der Waals surface area contributed by atoms with E-state index in [-0.39, 0.29) is 6.85 Å². The fraction of sp³-hybridized carbons (Fsp3) is 0.0213. The van der Waals surface area contributed by atoms with Gasteiger partial charge in [0.05, 0.1) is 11.0 Å². The third kappa shape index (κ3) is 3.58. The number of hydrogen-bond donors (Lipinski definition) is 0. The molecule has 10 aromatic rings. The number of hydrogen-bond acceptors (Lipinski definition) is 2. The van der Waals surface area contributed by atoms with E-state index >= 15 is 0 Å². The number of anilines is 2. The van der Waals surface area contributed by atoms with E-state index in [1.807, 2.05) is 0 Å². The van der Waals surface area contributed by atoms with E-state index in [1.54, 1.807) is 0 Å². The van der Waals surface area contributed by atoms with Crippen LogP contribution in [-0.4, -0.2) is 11.4 Å². The summed E-state index contributed by atoms with van der Waals surface area (Å²) in [6.45, 7) is 2.08. The normalized spacial score (nSPS) is 13.1. The molecule has 236 valence electrons. The predicted molar refractivity (Wildman–Crippen MR) is 215 cm³/mol. The molecule has 0 saturated heterocycles. The van der Waals surface area contributed by atoms with Gasteiger partial charge >= 0.3 is 6.85 Å². The van der Waals surface area contributed by atoms with Crippen LogP contribution in [0.3, 0.4) is 0 Å². The topological polar surface area (TPSA) is 21.3 Å². The van der Waals surface area contributed by atoms with Gasteiger partial charge < -0.3 is 13.8 Å². The molecule has 2 aliphatic rings. The zero-order valence-corrected chi connectivity index (χ0v) is 27.9. The van der Waals surface area contributed by atoms with Gasteiger partial charge in [-0.2, -0.15) is 0 Å². The highest BCUT2D eigenvalue weighted by molar-refractivity contribution is 6.94. The molecule has 0 aliphatic carbocycles. The van der Waals surface area contributed by atoms with Gasteiger partial charge in [-0.25, -0.2) is 0 Å². The fourth-order valence-corrected chi connectivity index (χ4v) is 9.19. The Bertz CT molecular complexity index is 3100. The molecule has 8 aromatic carbocycles. The average molecular weight is 649 g/mol. The lowest BCUT2D eigenvalue weighted by molar-refractivity contribution is 0.632. The Morgan fingerprint density at radius 1 is 0.569 bits per heavy atom. The number of aromatic nitrogens is 1. The van der Waals surface area contributed by atoms with Crippen LogP contribution >= 0.6 is 0 Å². The minimum absolute atomic E-state index is 0.0828. The highest BCUT2D eigenvalue weighted by Crippen LogP contribution is 2.49. The lowest BCUT2D eigenvalue weighted by atomic mass is 9.43.